The first-order chi connectivity index (χ1) is 12.5. The highest BCUT2D eigenvalue weighted by Gasteiger charge is 2.14. The average molecular weight is 367 g/mol. The van der Waals surface area contributed by atoms with E-state index in [2.05, 4.69) is 4.98 Å². The van der Waals surface area contributed by atoms with E-state index in [0.717, 1.165) is 17.4 Å². The van der Waals surface area contributed by atoms with Gasteiger partial charge in [0.25, 0.3) is 0 Å². The Balaban J connectivity index is 1.84. The summed E-state index contributed by atoms with van der Waals surface area (Å²) in [6, 6.07) is 19.1. The fourth-order valence-electron chi connectivity index (χ4n) is 2.46. The van der Waals surface area contributed by atoms with Gasteiger partial charge in [0.05, 0.1) is 5.75 Å². The predicted molar refractivity (Wildman–Crippen MR) is 99.3 cm³/mol. The number of hydrogen-bond acceptors (Lipinski definition) is 5. The molecule has 26 heavy (non-hydrogen) atoms. The van der Waals surface area contributed by atoms with E-state index in [-0.39, 0.29) is 16.7 Å². The lowest BCUT2D eigenvalue weighted by Crippen LogP contribution is -2.06. The Labute approximate surface area is 152 Å². The Morgan fingerprint density at radius 2 is 1.69 bits per heavy atom. The maximum Gasteiger partial charge on any atom is 0.220 e. The smallest absolute Gasteiger partial charge is 0.220 e. The number of aldehydes is 1. The van der Waals surface area contributed by atoms with E-state index in [0.29, 0.717) is 11.3 Å². The Hall–Kier alpha value is -2.99. The lowest BCUT2D eigenvalue weighted by Gasteiger charge is -2.08. The van der Waals surface area contributed by atoms with Crippen molar-refractivity contribution in [2.75, 3.05) is 5.75 Å². The van der Waals surface area contributed by atoms with Crippen molar-refractivity contribution in [1.82, 2.24) is 4.98 Å². The Bertz CT molecular complexity index is 1030. The first-order valence-electron chi connectivity index (χ1n) is 8.06. The number of benzene rings is 2. The lowest BCUT2D eigenvalue weighted by atomic mass is 10.0. The summed E-state index contributed by atoms with van der Waals surface area (Å²) in [6.45, 7) is 1.57. The topological polar surface area (TPSA) is 73.3 Å². The van der Waals surface area contributed by atoms with E-state index >= 15 is 0 Å². The molecule has 1 heterocycles. The summed E-state index contributed by atoms with van der Waals surface area (Å²) in [5.74, 6) is 0.713. The molecule has 6 heteroatoms. The second-order valence-corrected chi connectivity index (χ2v) is 7.77. The first-order valence-corrected chi connectivity index (χ1v) is 9.71. The third-order valence-electron chi connectivity index (χ3n) is 3.87. The zero-order valence-electron chi connectivity index (χ0n) is 14.1. The van der Waals surface area contributed by atoms with Crippen LogP contribution >= 0.6 is 0 Å². The molecule has 0 radical (unpaired) electrons. The molecule has 1 aromatic heterocycles. The summed E-state index contributed by atoms with van der Waals surface area (Å²) in [5.41, 5.74) is 2.33. The fourth-order valence-corrected chi connectivity index (χ4v) is 3.27. The fraction of sp³-hybridized carbons (Fsp3) is 0.100. The minimum atomic E-state index is -3.39. The van der Waals surface area contributed by atoms with Crippen molar-refractivity contribution < 1.29 is 17.9 Å². The van der Waals surface area contributed by atoms with Crippen LogP contribution in [0, 0.1) is 0 Å². The van der Waals surface area contributed by atoms with E-state index in [1.165, 1.54) is 6.07 Å². The highest BCUT2D eigenvalue weighted by Crippen LogP contribution is 2.27. The molecule has 0 aliphatic carbocycles. The SMILES string of the molecule is CCS(=O)(=O)c1cccc(Oc2ccc(-c3ccccc3C=O)cc2)n1. The third kappa shape index (κ3) is 3.81. The highest BCUT2D eigenvalue weighted by atomic mass is 32.2. The van der Waals surface area contributed by atoms with E-state index in [9.17, 15) is 13.2 Å². The molecule has 3 aromatic rings. The van der Waals surface area contributed by atoms with Gasteiger partial charge in [0.15, 0.2) is 21.1 Å². The highest BCUT2D eigenvalue weighted by molar-refractivity contribution is 7.91. The van der Waals surface area contributed by atoms with Gasteiger partial charge in [0.2, 0.25) is 5.88 Å². The molecule has 0 aliphatic rings. The Morgan fingerprint density at radius 1 is 0.962 bits per heavy atom. The second kappa shape index (κ2) is 7.49. The molecule has 0 amide bonds. The molecule has 0 unspecified atom stereocenters. The molecule has 2 aromatic carbocycles. The number of pyridine rings is 1. The van der Waals surface area contributed by atoms with Gasteiger partial charge < -0.3 is 4.74 Å². The van der Waals surface area contributed by atoms with Gasteiger partial charge in [-0.05, 0) is 29.3 Å². The molecule has 0 saturated heterocycles. The first kappa shape index (κ1) is 17.8. The van der Waals surface area contributed by atoms with E-state index in [1.807, 2.05) is 30.3 Å². The number of ether oxygens (including phenoxy) is 1. The summed E-state index contributed by atoms with van der Waals surface area (Å²) >= 11 is 0. The molecule has 0 aliphatic heterocycles. The van der Waals surface area contributed by atoms with Crippen molar-refractivity contribution >= 4 is 16.1 Å². The molecule has 0 saturated carbocycles. The van der Waals surface area contributed by atoms with Crippen molar-refractivity contribution in [3.63, 3.8) is 0 Å². The molecule has 0 atom stereocenters. The minimum Gasteiger partial charge on any atom is -0.439 e. The molecule has 0 fully saturated rings. The van der Waals surface area contributed by atoms with Crippen LogP contribution in [-0.2, 0) is 9.84 Å². The van der Waals surface area contributed by atoms with Crippen LogP contribution in [0.1, 0.15) is 17.3 Å². The number of carbonyl (C=O) groups is 1. The Kier molecular flexibility index (Phi) is 5.14. The van der Waals surface area contributed by atoms with Gasteiger partial charge in [-0.15, -0.1) is 0 Å². The number of sulfone groups is 1. The second-order valence-electron chi connectivity index (χ2n) is 5.55. The molecule has 3 rings (SSSR count). The van der Waals surface area contributed by atoms with Crippen molar-refractivity contribution in [3.05, 3.63) is 72.3 Å². The molecule has 0 spiro atoms. The molecule has 0 bridgehead atoms. The number of carbonyl (C=O) groups excluding carboxylic acids is 1. The van der Waals surface area contributed by atoms with Gasteiger partial charge >= 0.3 is 0 Å². The Morgan fingerprint density at radius 3 is 2.38 bits per heavy atom. The predicted octanol–water partition coefficient (Wildman–Crippen LogP) is 4.15. The van der Waals surface area contributed by atoms with Gasteiger partial charge in [-0.1, -0.05) is 49.4 Å². The number of aromatic nitrogens is 1. The molecule has 0 N–H and O–H groups in total. The average Bonchev–Trinajstić information content (AvgIpc) is 2.69. The maximum atomic E-state index is 11.9. The third-order valence-corrected chi connectivity index (χ3v) is 5.50. The molecular formula is C20H17NO4S. The van der Waals surface area contributed by atoms with Crippen LogP contribution < -0.4 is 4.74 Å². The van der Waals surface area contributed by atoms with Crippen LogP contribution in [-0.4, -0.2) is 25.4 Å². The van der Waals surface area contributed by atoms with Gasteiger partial charge in [-0.25, -0.2) is 13.4 Å². The van der Waals surface area contributed by atoms with Crippen molar-refractivity contribution in [1.29, 1.82) is 0 Å². The maximum absolute atomic E-state index is 11.9. The van der Waals surface area contributed by atoms with Gasteiger partial charge in [0, 0.05) is 11.6 Å². The summed E-state index contributed by atoms with van der Waals surface area (Å²) in [6.07, 6.45) is 0.823. The van der Waals surface area contributed by atoms with Crippen LogP contribution in [0.15, 0.2) is 71.8 Å². The van der Waals surface area contributed by atoms with Crippen LogP contribution in [0.4, 0.5) is 0 Å². The molecule has 5 nitrogen and oxygen atoms in total. The summed E-state index contributed by atoms with van der Waals surface area (Å²) in [5, 5.41) is -0.00553. The van der Waals surface area contributed by atoms with Crippen LogP contribution in [0.25, 0.3) is 11.1 Å². The standard InChI is InChI=1S/C20H17NO4S/c1-2-26(23,24)20-9-5-8-19(21-20)25-17-12-10-15(11-13-17)18-7-4-3-6-16(18)14-22/h3-14H,2H2,1H3. The van der Waals surface area contributed by atoms with Crippen LogP contribution in [0.5, 0.6) is 11.6 Å². The van der Waals surface area contributed by atoms with Gasteiger partial charge in [-0.3, -0.25) is 4.79 Å². The summed E-state index contributed by atoms with van der Waals surface area (Å²) in [7, 11) is -3.39. The van der Waals surface area contributed by atoms with E-state index in [1.54, 1.807) is 37.3 Å². The van der Waals surface area contributed by atoms with Crippen LogP contribution in [0.2, 0.25) is 0 Å². The number of hydrogen-bond donors (Lipinski definition) is 0. The molecule has 132 valence electrons. The zero-order chi connectivity index (χ0) is 18.6. The van der Waals surface area contributed by atoms with Gasteiger partial charge in [0.1, 0.15) is 5.75 Å². The van der Waals surface area contributed by atoms with Crippen LogP contribution in [0.3, 0.4) is 0 Å². The number of rotatable bonds is 6. The quantitative estimate of drug-likeness (QED) is 0.612. The largest absolute Gasteiger partial charge is 0.439 e. The summed E-state index contributed by atoms with van der Waals surface area (Å²) < 4.78 is 29.5. The van der Waals surface area contributed by atoms with Crippen molar-refractivity contribution in [3.8, 4) is 22.8 Å². The zero-order valence-corrected chi connectivity index (χ0v) is 14.9. The minimum absolute atomic E-state index is 0.00553. The normalized spacial score (nSPS) is 11.1. The summed E-state index contributed by atoms with van der Waals surface area (Å²) in [4.78, 5) is 15.2. The van der Waals surface area contributed by atoms with E-state index in [4.69, 9.17) is 4.74 Å². The van der Waals surface area contributed by atoms with E-state index < -0.39 is 9.84 Å². The monoisotopic (exact) mass is 367 g/mol. The van der Waals surface area contributed by atoms with Crippen molar-refractivity contribution in [2.24, 2.45) is 0 Å². The van der Waals surface area contributed by atoms with Crippen molar-refractivity contribution in [2.45, 2.75) is 11.9 Å². The van der Waals surface area contributed by atoms with Gasteiger partial charge in [-0.2, -0.15) is 0 Å². The number of nitrogens with zero attached hydrogens (tertiary/aromatic N) is 1. The lowest BCUT2D eigenvalue weighted by molar-refractivity contribution is 0.112. The molecular weight excluding hydrogens is 350 g/mol.